The van der Waals surface area contributed by atoms with E-state index in [9.17, 15) is 0 Å². The molecule has 1 nitrogen and oxygen atoms in total. The zero-order valence-corrected chi connectivity index (χ0v) is 10.2. The second kappa shape index (κ2) is 4.01. The predicted molar refractivity (Wildman–Crippen MR) is 68.9 cm³/mol. The minimum absolute atomic E-state index is 0.247. The first kappa shape index (κ1) is 10.5. The molecule has 1 heteroatoms. The van der Waals surface area contributed by atoms with E-state index < -0.39 is 0 Å². The average Bonchev–Trinajstić information content (AvgIpc) is 3.10. The van der Waals surface area contributed by atoms with Crippen LogP contribution >= 0.6 is 0 Å². The van der Waals surface area contributed by atoms with Crippen molar-refractivity contribution in [1.29, 1.82) is 0 Å². The number of hydrogen-bond acceptors (Lipinski definition) is 1. The third kappa shape index (κ3) is 1.87. The van der Waals surface area contributed by atoms with Gasteiger partial charge >= 0.3 is 0 Å². The summed E-state index contributed by atoms with van der Waals surface area (Å²) in [4.78, 5) is 0. The van der Waals surface area contributed by atoms with Crippen LogP contribution in [-0.2, 0) is 4.74 Å². The molecule has 0 aromatic heterocycles. The first-order valence-corrected chi connectivity index (χ1v) is 6.04. The van der Waals surface area contributed by atoms with Gasteiger partial charge < -0.3 is 4.74 Å². The molecule has 0 amide bonds. The smallest absolute Gasteiger partial charge is 0.114 e. The molecular formula is C16H16O. The molecule has 1 saturated heterocycles. The van der Waals surface area contributed by atoms with Crippen LogP contribution in [0.2, 0.25) is 0 Å². The van der Waals surface area contributed by atoms with Gasteiger partial charge in [0.25, 0.3) is 0 Å². The monoisotopic (exact) mass is 224 g/mol. The Labute approximate surface area is 102 Å². The number of epoxide rings is 1. The highest BCUT2D eigenvalue weighted by atomic mass is 16.6. The Morgan fingerprint density at radius 1 is 0.706 bits per heavy atom. The van der Waals surface area contributed by atoms with Crippen molar-refractivity contribution in [3.05, 3.63) is 70.8 Å². The van der Waals surface area contributed by atoms with Crippen LogP contribution in [0.4, 0.5) is 0 Å². The molecule has 2 aromatic carbocycles. The summed E-state index contributed by atoms with van der Waals surface area (Å²) in [5, 5.41) is 0. The Morgan fingerprint density at radius 3 is 1.53 bits per heavy atom. The zero-order valence-electron chi connectivity index (χ0n) is 10.2. The summed E-state index contributed by atoms with van der Waals surface area (Å²) in [5.74, 6) is 0. The molecule has 17 heavy (non-hydrogen) atoms. The van der Waals surface area contributed by atoms with E-state index >= 15 is 0 Å². The van der Waals surface area contributed by atoms with Crippen LogP contribution in [0, 0.1) is 13.8 Å². The molecule has 0 bridgehead atoms. The molecular weight excluding hydrogens is 208 g/mol. The van der Waals surface area contributed by atoms with Crippen molar-refractivity contribution in [2.45, 2.75) is 26.1 Å². The van der Waals surface area contributed by atoms with Gasteiger partial charge in [-0.15, -0.1) is 0 Å². The van der Waals surface area contributed by atoms with Crippen LogP contribution in [0.3, 0.4) is 0 Å². The minimum atomic E-state index is 0.247. The summed E-state index contributed by atoms with van der Waals surface area (Å²) < 4.78 is 5.85. The molecule has 0 saturated carbocycles. The number of ether oxygens (including phenoxy) is 1. The maximum Gasteiger partial charge on any atom is 0.114 e. The van der Waals surface area contributed by atoms with Gasteiger partial charge in [0.15, 0.2) is 0 Å². The van der Waals surface area contributed by atoms with Crippen LogP contribution in [0.25, 0.3) is 0 Å². The first-order chi connectivity index (χ1) is 8.27. The van der Waals surface area contributed by atoms with E-state index in [0.717, 1.165) is 0 Å². The normalized spacial score (nSPS) is 22.5. The number of rotatable bonds is 2. The van der Waals surface area contributed by atoms with Gasteiger partial charge in [0, 0.05) is 0 Å². The van der Waals surface area contributed by atoms with Gasteiger partial charge in [-0.2, -0.15) is 0 Å². The van der Waals surface area contributed by atoms with E-state index in [0.29, 0.717) is 0 Å². The Bertz CT molecular complexity index is 495. The van der Waals surface area contributed by atoms with E-state index in [1.54, 1.807) is 0 Å². The van der Waals surface area contributed by atoms with Crippen molar-refractivity contribution >= 4 is 0 Å². The summed E-state index contributed by atoms with van der Waals surface area (Å²) in [6, 6.07) is 16.9. The lowest BCUT2D eigenvalue weighted by atomic mass is 9.98. The largest absolute Gasteiger partial charge is 0.359 e. The van der Waals surface area contributed by atoms with Crippen molar-refractivity contribution in [1.82, 2.24) is 0 Å². The summed E-state index contributed by atoms with van der Waals surface area (Å²) in [6.07, 6.45) is 0.495. The minimum Gasteiger partial charge on any atom is -0.359 e. The topological polar surface area (TPSA) is 12.5 Å². The number of benzene rings is 2. The van der Waals surface area contributed by atoms with Gasteiger partial charge in [0.05, 0.1) is 0 Å². The lowest BCUT2D eigenvalue weighted by Gasteiger charge is -2.03. The first-order valence-electron chi connectivity index (χ1n) is 6.04. The van der Waals surface area contributed by atoms with Gasteiger partial charge in [-0.1, -0.05) is 48.5 Å². The second-order valence-corrected chi connectivity index (χ2v) is 4.69. The van der Waals surface area contributed by atoms with E-state index in [-0.39, 0.29) is 12.2 Å². The quantitative estimate of drug-likeness (QED) is 0.699. The van der Waals surface area contributed by atoms with Crippen molar-refractivity contribution in [3.8, 4) is 0 Å². The maximum absolute atomic E-state index is 5.85. The fourth-order valence-electron chi connectivity index (χ4n) is 2.40. The SMILES string of the molecule is Cc1ccccc1[C@H]1O[C@@H]1c1ccccc1C. The predicted octanol–water partition coefficient (Wildman–Crippen LogP) is 4.12. The molecule has 0 unspecified atom stereocenters. The summed E-state index contributed by atoms with van der Waals surface area (Å²) >= 11 is 0. The van der Waals surface area contributed by atoms with Crippen LogP contribution in [0.5, 0.6) is 0 Å². The Balaban J connectivity index is 1.89. The van der Waals surface area contributed by atoms with Crippen LogP contribution < -0.4 is 0 Å². The molecule has 86 valence electrons. The van der Waals surface area contributed by atoms with E-state index in [1.807, 2.05) is 0 Å². The highest BCUT2D eigenvalue weighted by Crippen LogP contribution is 2.52. The van der Waals surface area contributed by atoms with Gasteiger partial charge in [-0.05, 0) is 36.1 Å². The van der Waals surface area contributed by atoms with Crippen LogP contribution in [0.1, 0.15) is 34.5 Å². The zero-order chi connectivity index (χ0) is 11.8. The van der Waals surface area contributed by atoms with Crippen LogP contribution in [0.15, 0.2) is 48.5 Å². The lowest BCUT2D eigenvalue weighted by Crippen LogP contribution is -1.90. The van der Waals surface area contributed by atoms with Crippen molar-refractivity contribution in [2.75, 3.05) is 0 Å². The Morgan fingerprint density at radius 2 is 1.12 bits per heavy atom. The standard InChI is InChI=1S/C16H16O/c1-11-7-3-5-9-13(11)15-16(17-15)14-10-6-4-8-12(14)2/h3-10,15-16H,1-2H3/t15-,16-/m1/s1. The molecule has 1 heterocycles. The average molecular weight is 224 g/mol. The van der Waals surface area contributed by atoms with Gasteiger partial charge in [0.2, 0.25) is 0 Å². The van der Waals surface area contributed by atoms with Crippen molar-refractivity contribution < 1.29 is 4.74 Å². The summed E-state index contributed by atoms with van der Waals surface area (Å²) in [5.41, 5.74) is 5.27. The number of hydrogen-bond donors (Lipinski definition) is 0. The highest BCUT2D eigenvalue weighted by Gasteiger charge is 2.42. The van der Waals surface area contributed by atoms with Crippen LogP contribution in [-0.4, -0.2) is 0 Å². The molecule has 2 aromatic rings. The van der Waals surface area contributed by atoms with E-state index in [2.05, 4.69) is 62.4 Å². The second-order valence-electron chi connectivity index (χ2n) is 4.69. The Hall–Kier alpha value is -1.60. The Kier molecular flexibility index (Phi) is 2.49. The van der Waals surface area contributed by atoms with Crippen molar-refractivity contribution in [3.63, 3.8) is 0 Å². The van der Waals surface area contributed by atoms with Crippen molar-refractivity contribution in [2.24, 2.45) is 0 Å². The summed E-state index contributed by atoms with van der Waals surface area (Å²) in [6.45, 7) is 4.29. The highest BCUT2D eigenvalue weighted by molar-refractivity contribution is 5.37. The van der Waals surface area contributed by atoms with E-state index in [4.69, 9.17) is 4.74 Å². The molecule has 0 N–H and O–H groups in total. The molecule has 1 fully saturated rings. The number of aryl methyl sites for hydroxylation is 2. The molecule has 2 atom stereocenters. The van der Waals surface area contributed by atoms with E-state index in [1.165, 1.54) is 22.3 Å². The molecule has 3 rings (SSSR count). The summed E-state index contributed by atoms with van der Waals surface area (Å²) in [7, 11) is 0. The van der Waals surface area contributed by atoms with Gasteiger partial charge in [-0.3, -0.25) is 0 Å². The third-order valence-corrected chi connectivity index (χ3v) is 3.48. The maximum atomic E-state index is 5.85. The van der Waals surface area contributed by atoms with Gasteiger partial charge in [-0.25, -0.2) is 0 Å². The molecule has 1 aliphatic rings. The molecule has 1 aliphatic heterocycles. The fraction of sp³-hybridized carbons (Fsp3) is 0.250. The lowest BCUT2D eigenvalue weighted by molar-refractivity contribution is 0.377. The molecule has 0 spiro atoms. The van der Waals surface area contributed by atoms with Gasteiger partial charge in [0.1, 0.15) is 12.2 Å². The molecule has 0 aliphatic carbocycles. The molecule has 0 radical (unpaired) electrons. The fourth-order valence-corrected chi connectivity index (χ4v) is 2.40. The third-order valence-electron chi connectivity index (χ3n) is 3.48.